The SMILES string of the molecule is CCOC(=O)n1nc(NC(=O)c2ccccc2)c2c1CN(S(=O)(=O)Cc1ccc(NC(C)=O)cc1)C2. The second-order valence-corrected chi connectivity index (χ2v) is 10.1. The topological polar surface area (TPSA) is 140 Å². The Kier molecular flexibility index (Phi) is 7.17. The normalized spacial score (nSPS) is 13.2. The van der Waals surface area contributed by atoms with Crippen molar-refractivity contribution in [2.24, 2.45) is 0 Å². The van der Waals surface area contributed by atoms with Crippen LogP contribution in [0.25, 0.3) is 0 Å². The molecule has 0 bridgehead atoms. The Bertz CT molecular complexity index is 1400. The first-order valence-electron chi connectivity index (χ1n) is 11.2. The third kappa shape index (κ3) is 5.44. The fraction of sp³-hybridized carbons (Fsp3) is 0.250. The van der Waals surface area contributed by atoms with Gasteiger partial charge in [-0.25, -0.2) is 13.2 Å². The third-order valence-corrected chi connectivity index (χ3v) is 7.22. The molecule has 1 aromatic heterocycles. The molecule has 0 aliphatic carbocycles. The Morgan fingerprint density at radius 1 is 1.00 bits per heavy atom. The summed E-state index contributed by atoms with van der Waals surface area (Å²) in [5, 5.41) is 9.52. The predicted octanol–water partition coefficient (Wildman–Crippen LogP) is 2.94. The summed E-state index contributed by atoms with van der Waals surface area (Å²) in [5.74, 6) is -0.844. The molecule has 0 fully saturated rings. The van der Waals surface area contributed by atoms with E-state index in [-0.39, 0.29) is 37.2 Å². The highest BCUT2D eigenvalue weighted by Gasteiger charge is 2.37. The summed E-state index contributed by atoms with van der Waals surface area (Å²) in [7, 11) is -3.80. The lowest BCUT2D eigenvalue weighted by atomic mass is 10.2. The first kappa shape index (κ1) is 25.1. The molecule has 188 valence electrons. The van der Waals surface area contributed by atoms with E-state index in [4.69, 9.17) is 4.74 Å². The molecule has 2 aromatic carbocycles. The van der Waals surface area contributed by atoms with E-state index < -0.39 is 22.0 Å². The van der Waals surface area contributed by atoms with Gasteiger partial charge in [0.05, 0.1) is 24.6 Å². The van der Waals surface area contributed by atoms with E-state index in [0.717, 1.165) is 4.68 Å². The zero-order valence-corrected chi connectivity index (χ0v) is 20.5. The fourth-order valence-corrected chi connectivity index (χ4v) is 5.25. The summed E-state index contributed by atoms with van der Waals surface area (Å²) in [6.45, 7) is 2.97. The second kappa shape index (κ2) is 10.3. The van der Waals surface area contributed by atoms with Gasteiger partial charge in [-0.1, -0.05) is 30.3 Å². The number of benzene rings is 2. The summed E-state index contributed by atoms with van der Waals surface area (Å²) >= 11 is 0. The monoisotopic (exact) mass is 511 g/mol. The van der Waals surface area contributed by atoms with E-state index >= 15 is 0 Å². The minimum Gasteiger partial charge on any atom is -0.448 e. The summed E-state index contributed by atoms with van der Waals surface area (Å²) < 4.78 is 33.7. The summed E-state index contributed by atoms with van der Waals surface area (Å²) in [5.41, 5.74) is 2.25. The maximum absolute atomic E-state index is 13.2. The molecule has 0 radical (unpaired) electrons. The van der Waals surface area contributed by atoms with Gasteiger partial charge in [0.25, 0.3) is 5.91 Å². The number of carbonyl (C=O) groups is 3. The van der Waals surface area contributed by atoms with Crippen molar-refractivity contribution in [2.75, 3.05) is 17.2 Å². The van der Waals surface area contributed by atoms with Crippen molar-refractivity contribution < 1.29 is 27.5 Å². The van der Waals surface area contributed by atoms with Crippen molar-refractivity contribution in [2.45, 2.75) is 32.7 Å². The lowest BCUT2D eigenvalue weighted by molar-refractivity contribution is -0.114. The molecule has 0 unspecified atom stereocenters. The Hall–Kier alpha value is -4.03. The molecule has 1 aliphatic rings. The number of carbonyl (C=O) groups excluding carboxylic acids is 3. The lowest BCUT2D eigenvalue weighted by Crippen LogP contribution is -2.29. The molecule has 4 rings (SSSR count). The van der Waals surface area contributed by atoms with Gasteiger partial charge in [-0.05, 0) is 36.8 Å². The van der Waals surface area contributed by atoms with Crippen LogP contribution in [0.4, 0.5) is 16.3 Å². The van der Waals surface area contributed by atoms with E-state index in [1.807, 2.05) is 0 Å². The Morgan fingerprint density at radius 3 is 2.33 bits per heavy atom. The van der Waals surface area contributed by atoms with E-state index in [2.05, 4.69) is 15.7 Å². The summed E-state index contributed by atoms with van der Waals surface area (Å²) in [6, 6.07) is 15.0. The maximum Gasteiger partial charge on any atom is 0.435 e. The molecule has 2 N–H and O–H groups in total. The van der Waals surface area contributed by atoms with Gasteiger partial charge >= 0.3 is 6.09 Å². The smallest absolute Gasteiger partial charge is 0.435 e. The van der Waals surface area contributed by atoms with Crippen LogP contribution in [0.5, 0.6) is 0 Å². The number of fused-ring (bicyclic) bond motifs is 1. The van der Waals surface area contributed by atoms with Crippen LogP contribution in [0, 0.1) is 0 Å². The fourth-order valence-electron chi connectivity index (χ4n) is 3.80. The first-order valence-corrected chi connectivity index (χ1v) is 12.8. The number of nitrogens with one attached hydrogen (secondary N) is 2. The number of hydrogen-bond donors (Lipinski definition) is 2. The van der Waals surface area contributed by atoms with Gasteiger partial charge in [-0.15, -0.1) is 5.10 Å². The molecular formula is C24H25N5O6S. The lowest BCUT2D eigenvalue weighted by Gasteiger charge is -2.17. The van der Waals surface area contributed by atoms with Gasteiger partial charge in [-0.3, -0.25) is 9.59 Å². The van der Waals surface area contributed by atoms with Crippen molar-refractivity contribution in [1.29, 1.82) is 0 Å². The number of ether oxygens (including phenoxy) is 1. The van der Waals surface area contributed by atoms with E-state index in [0.29, 0.717) is 28.1 Å². The Balaban J connectivity index is 1.57. The number of rotatable bonds is 7. The second-order valence-electron chi connectivity index (χ2n) is 8.11. The van der Waals surface area contributed by atoms with E-state index in [1.165, 1.54) is 11.2 Å². The molecule has 12 heteroatoms. The molecule has 0 saturated heterocycles. The van der Waals surface area contributed by atoms with Crippen molar-refractivity contribution >= 4 is 39.4 Å². The van der Waals surface area contributed by atoms with Gasteiger partial charge in [0.2, 0.25) is 15.9 Å². The zero-order valence-electron chi connectivity index (χ0n) is 19.7. The van der Waals surface area contributed by atoms with Crippen LogP contribution in [0.1, 0.15) is 41.0 Å². The van der Waals surface area contributed by atoms with Crippen LogP contribution in [0.3, 0.4) is 0 Å². The van der Waals surface area contributed by atoms with Crippen molar-refractivity contribution in [3.8, 4) is 0 Å². The van der Waals surface area contributed by atoms with Crippen LogP contribution < -0.4 is 10.6 Å². The van der Waals surface area contributed by atoms with Crippen LogP contribution >= 0.6 is 0 Å². The highest BCUT2D eigenvalue weighted by atomic mass is 32.2. The van der Waals surface area contributed by atoms with Gasteiger partial charge in [0.15, 0.2) is 5.82 Å². The molecule has 3 aromatic rings. The number of hydrogen-bond acceptors (Lipinski definition) is 7. The molecule has 0 spiro atoms. The molecule has 1 aliphatic heterocycles. The molecule has 36 heavy (non-hydrogen) atoms. The standard InChI is InChI=1S/C24H25N5O6S/c1-3-35-24(32)29-21-14-28(36(33,34)15-17-9-11-19(12-10-17)25-16(2)30)13-20(21)22(27-29)26-23(31)18-7-5-4-6-8-18/h4-12H,3,13-15H2,1-2H3,(H,25,30)(H,26,27,31). The largest absolute Gasteiger partial charge is 0.448 e. The van der Waals surface area contributed by atoms with Crippen LogP contribution in [-0.4, -0.2) is 47.0 Å². The Labute approximate surface area is 208 Å². The average Bonchev–Trinajstić information content (AvgIpc) is 3.42. The van der Waals surface area contributed by atoms with Gasteiger partial charge < -0.3 is 15.4 Å². The number of nitrogens with zero attached hydrogens (tertiary/aromatic N) is 3. The predicted molar refractivity (Wildman–Crippen MR) is 132 cm³/mol. The molecule has 2 heterocycles. The number of sulfonamides is 1. The zero-order chi connectivity index (χ0) is 25.9. The molecule has 0 saturated carbocycles. The van der Waals surface area contributed by atoms with Crippen LogP contribution in [-0.2, 0) is 38.4 Å². The summed E-state index contributed by atoms with van der Waals surface area (Å²) in [6.07, 6.45) is -0.762. The van der Waals surface area contributed by atoms with Gasteiger partial charge in [0.1, 0.15) is 0 Å². The molecule has 2 amide bonds. The quantitative estimate of drug-likeness (QED) is 0.497. The van der Waals surface area contributed by atoms with Crippen LogP contribution in [0.15, 0.2) is 54.6 Å². The van der Waals surface area contributed by atoms with Crippen molar-refractivity contribution in [3.05, 3.63) is 77.0 Å². The molecule has 11 nitrogen and oxygen atoms in total. The van der Waals surface area contributed by atoms with Gasteiger partial charge in [0, 0.05) is 30.3 Å². The Morgan fingerprint density at radius 2 is 1.69 bits per heavy atom. The third-order valence-electron chi connectivity index (χ3n) is 5.48. The number of amides is 2. The molecule has 0 atom stereocenters. The minimum absolute atomic E-state index is 0.0640. The van der Waals surface area contributed by atoms with Crippen molar-refractivity contribution in [3.63, 3.8) is 0 Å². The number of aromatic nitrogens is 2. The van der Waals surface area contributed by atoms with Crippen LogP contribution in [0.2, 0.25) is 0 Å². The number of anilines is 2. The average molecular weight is 512 g/mol. The molecular weight excluding hydrogens is 486 g/mol. The van der Waals surface area contributed by atoms with Crippen molar-refractivity contribution in [1.82, 2.24) is 14.1 Å². The van der Waals surface area contributed by atoms with E-state index in [9.17, 15) is 22.8 Å². The minimum atomic E-state index is -3.80. The first-order chi connectivity index (χ1) is 17.2. The summed E-state index contributed by atoms with van der Waals surface area (Å²) in [4.78, 5) is 36.4. The highest BCUT2D eigenvalue weighted by Crippen LogP contribution is 2.32. The maximum atomic E-state index is 13.2. The van der Waals surface area contributed by atoms with Gasteiger partial charge in [-0.2, -0.15) is 8.99 Å². The highest BCUT2D eigenvalue weighted by molar-refractivity contribution is 7.88. The van der Waals surface area contributed by atoms with E-state index in [1.54, 1.807) is 61.5 Å².